The van der Waals surface area contributed by atoms with Crippen molar-refractivity contribution in [1.82, 2.24) is 4.90 Å². The Balaban J connectivity index is 2.03. The third-order valence-corrected chi connectivity index (χ3v) is 3.28. The van der Waals surface area contributed by atoms with E-state index in [1.165, 1.54) is 0 Å². The minimum atomic E-state index is -0.589. The van der Waals surface area contributed by atoms with Gasteiger partial charge in [-0.3, -0.25) is 4.79 Å². The van der Waals surface area contributed by atoms with Crippen LogP contribution < -0.4 is 0 Å². The van der Waals surface area contributed by atoms with Gasteiger partial charge in [-0.2, -0.15) is 0 Å². The molecule has 3 nitrogen and oxygen atoms in total. The molecule has 1 unspecified atom stereocenters. The van der Waals surface area contributed by atoms with Crippen molar-refractivity contribution in [3.63, 3.8) is 0 Å². The minimum Gasteiger partial charge on any atom is -0.380 e. The Labute approximate surface area is 106 Å². The number of amides is 1. The molecule has 1 aliphatic heterocycles. The van der Waals surface area contributed by atoms with Crippen molar-refractivity contribution in [3.8, 4) is 0 Å². The second-order valence-electron chi connectivity index (χ2n) is 4.06. The lowest BCUT2D eigenvalue weighted by atomic mass is 10.1. The maximum atomic E-state index is 12.2. The number of nitrogens with zero attached hydrogens (tertiary/aromatic N) is 1. The van der Waals surface area contributed by atoms with E-state index in [9.17, 15) is 4.79 Å². The molecule has 1 amide bonds. The first-order valence-corrected chi connectivity index (χ1v) is 6.28. The number of hydrogen-bond donors (Lipinski definition) is 0. The van der Waals surface area contributed by atoms with E-state index in [2.05, 4.69) is 0 Å². The number of carbonyl (C=O) groups excluding carboxylic acids is 1. The summed E-state index contributed by atoms with van der Waals surface area (Å²) in [6.07, 6.45) is 0.879. The predicted molar refractivity (Wildman–Crippen MR) is 67.1 cm³/mol. The van der Waals surface area contributed by atoms with Gasteiger partial charge in [-0.25, -0.2) is 0 Å². The van der Waals surface area contributed by atoms with E-state index in [-0.39, 0.29) is 5.91 Å². The zero-order chi connectivity index (χ0) is 12.1. The molecule has 0 N–H and O–H groups in total. The number of benzene rings is 1. The summed E-state index contributed by atoms with van der Waals surface area (Å²) in [5, 5.41) is -0.589. The van der Waals surface area contributed by atoms with E-state index >= 15 is 0 Å². The molecule has 0 radical (unpaired) electrons. The average Bonchev–Trinajstić information content (AvgIpc) is 2.67. The van der Waals surface area contributed by atoms with Crippen LogP contribution in [-0.2, 0) is 9.53 Å². The first-order valence-electron chi connectivity index (χ1n) is 5.84. The van der Waals surface area contributed by atoms with Crippen LogP contribution in [0.25, 0.3) is 0 Å². The van der Waals surface area contributed by atoms with Gasteiger partial charge in [-0.1, -0.05) is 30.3 Å². The molecule has 1 aromatic carbocycles. The molecule has 92 valence electrons. The molecule has 0 spiro atoms. The Bertz CT molecular complexity index is 361. The van der Waals surface area contributed by atoms with Crippen molar-refractivity contribution in [2.24, 2.45) is 0 Å². The molecule has 0 saturated carbocycles. The zero-order valence-electron chi connectivity index (χ0n) is 9.64. The fourth-order valence-electron chi connectivity index (χ4n) is 1.89. The number of hydrogen-bond acceptors (Lipinski definition) is 2. The summed E-state index contributed by atoms with van der Waals surface area (Å²) < 4.78 is 5.32. The summed E-state index contributed by atoms with van der Waals surface area (Å²) in [6, 6.07) is 9.46. The lowest BCUT2D eigenvalue weighted by Gasteiger charge is -2.22. The van der Waals surface area contributed by atoms with Crippen molar-refractivity contribution < 1.29 is 9.53 Å². The monoisotopic (exact) mass is 253 g/mol. The Kier molecular flexibility index (Phi) is 4.40. The van der Waals surface area contributed by atoms with Gasteiger partial charge in [0.25, 0.3) is 0 Å². The number of rotatable bonds is 2. The molecule has 1 saturated heterocycles. The number of carbonyl (C=O) groups is 1. The highest BCUT2D eigenvalue weighted by Gasteiger charge is 2.24. The topological polar surface area (TPSA) is 29.5 Å². The van der Waals surface area contributed by atoms with Crippen LogP contribution in [0.2, 0.25) is 0 Å². The van der Waals surface area contributed by atoms with Gasteiger partial charge in [0.05, 0.1) is 6.61 Å². The molecule has 1 heterocycles. The molecular weight excluding hydrogens is 238 g/mol. The third-order valence-electron chi connectivity index (χ3n) is 2.84. The number of halogens is 1. The van der Waals surface area contributed by atoms with Crippen LogP contribution in [0.5, 0.6) is 0 Å². The molecule has 17 heavy (non-hydrogen) atoms. The maximum absolute atomic E-state index is 12.2. The van der Waals surface area contributed by atoms with Gasteiger partial charge in [-0.15, -0.1) is 11.6 Å². The highest BCUT2D eigenvalue weighted by atomic mass is 35.5. The van der Waals surface area contributed by atoms with Crippen molar-refractivity contribution in [1.29, 1.82) is 0 Å². The van der Waals surface area contributed by atoms with Crippen molar-refractivity contribution in [3.05, 3.63) is 35.9 Å². The highest BCUT2D eigenvalue weighted by Crippen LogP contribution is 2.23. The molecule has 2 rings (SSSR count). The summed E-state index contributed by atoms with van der Waals surface area (Å²) in [5.41, 5.74) is 0.851. The van der Waals surface area contributed by atoms with Crippen LogP contribution in [0.15, 0.2) is 30.3 Å². The summed E-state index contributed by atoms with van der Waals surface area (Å²) in [5.74, 6) is -0.0247. The first-order chi connectivity index (χ1) is 8.29. The normalized spacial score (nSPS) is 18.5. The fraction of sp³-hybridized carbons (Fsp3) is 0.462. The third kappa shape index (κ3) is 3.20. The smallest absolute Gasteiger partial charge is 0.245 e. The highest BCUT2D eigenvalue weighted by molar-refractivity contribution is 6.30. The molecule has 0 aliphatic carbocycles. The predicted octanol–water partition coefficient (Wildman–Crippen LogP) is 2.22. The standard InChI is InChI=1S/C13H16ClNO2/c14-12(11-5-2-1-3-6-11)13(16)15-7-4-9-17-10-8-15/h1-3,5-6,12H,4,7-10H2. The SMILES string of the molecule is O=C(C(Cl)c1ccccc1)N1CCCOCC1. The van der Waals surface area contributed by atoms with Crippen LogP contribution in [-0.4, -0.2) is 37.1 Å². The van der Waals surface area contributed by atoms with Gasteiger partial charge < -0.3 is 9.64 Å². The minimum absolute atomic E-state index is 0.0247. The molecule has 0 aromatic heterocycles. The van der Waals surface area contributed by atoms with E-state index in [0.29, 0.717) is 13.2 Å². The Hall–Kier alpha value is -1.06. The van der Waals surface area contributed by atoms with Crippen molar-refractivity contribution in [2.45, 2.75) is 11.8 Å². The van der Waals surface area contributed by atoms with E-state index in [1.807, 2.05) is 30.3 Å². The molecule has 1 aromatic rings. The summed E-state index contributed by atoms with van der Waals surface area (Å²) in [7, 11) is 0. The first kappa shape index (κ1) is 12.4. The second-order valence-corrected chi connectivity index (χ2v) is 4.50. The molecule has 0 bridgehead atoms. The van der Waals surface area contributed by atoms with Crippen LogP contribution in [0, 0.1) is 0 Å². The summed E-state index contributed by atoms with van der Waals surface area (Å²) in [6.45, 7) is 2.69. The zero-order valence-corrected chi connectivity index (χ0v) is 10.4. The van der Waals surface area contributed by atoms with Gasteiger partial charge in [-0.05, 0) is 12.0 Å². The summed E-state index contributed by atoms with van der Waals surface area (Å²) in [4.78, 5) is 14.0. The van der Waals surface area contributed by atoms with Crippen LogP contribution in [0.3, 0.4) is 0 Å². The van der Waals surface area contributed by atoms with E-state index in [4.69, 9.17) is 16.3 Å². The van der Waals surface area contributed by atoms with Crippen LogP contribution >= 0.6 is 11.6 Å². The van der Waals surface area contributed by atoms with E-state index in [0.717, 1.165) is 25.1 Å². The number of alkyl halides is 1. The average molecular weight is 254 g/mol. The van der Waals surface area contributed by atoms with Crippen molar-refractivity contribution in [2.75, 3.05) is 26.3 Å². The molecule has 1 atom stereocenters. The largest absolute Gasteiger partial charge is 0.380 e. The quantitative estimate of drug-likeness (QED) is 0.757. The summed E-state index contributed by atoms with van der Waals surface area (Å²) >= 11 is 6.21. The van der Waals surface area contributed by atoms with Crippen LogP contribution in [0.4, 0.5) is 0 Å². The van der Waals surface area contributed by atoms with Gasteiger partial charge in [0.15, 0.2) is 0 Å². The fourth-order valence-corrected chi connectivity index (χ4v) is 2.17. The molecule has 1 aliphatic rings. The van der Waals surface area contributed by atoms with Crippen molar-refractivity contribution >= 4 is 17.5 Å². The van der Waals surface area contributed by atoms with Gasteiger partial charge in [0, 0.05) is 19.7 Å². The molecular formula is C13H16ClNO2. The van der Waals surface area contributed by atoms with E-state index < -0.39 is 5.38 Å². The molecule has 4 heteroatoms. The van der Waals surface area contributed by atoms with Gasteiger partial charge >= 0.3 is 0 Å². The number of ether oxygens (including phenoxy) is 1. The Morgan fingerprint density at radius 2 is 2.00 bits per heavy atom. The second kappa shape index (κ2) is 6.03. The van der Waals surface area contributed by atoms with Crippen LogP contribution in [0.1, 0.15) is 17.4 Å². The van der Waals surface area contributed by atoms with Gasteiger partial charge in [0.1, 0.15) is 5.38 Å². The van der Waals surface area contributed by atoms with E-state index in [1.54, 1.807) is 4.90 Å². The molecule has 1 fully saturated rings. The Morgan fingerprint density at radius 3 is 2.76 bits per heavy atom. The Morgan fingerprint density at radius 1 is 1.24 bits per heavy atom. The lowest BCUT2D eigenvalue weighted by Crippen LogP contribution is -2.35. The van der Waals surface area contributed by atoms with Gasteiger partial charge in [0.2, 0.25) is 5.91 Å². The maximum Gasteiger partial charge on any atom is 0.245 e. The lowest BCUT2D eigenvalue weighted by molar-refractivity contribution is -0.130.